The van der Waals surface area contributed by atoms with E-state index in [0.29, 0.717) is 23.6 Å². The van der Waals surface area contributed by atoms with Crippen LogP contribution < -0.4 is 0 Å². The Morgan fingerprint density at radius 2 is 1.83 bits per heavy atom. The fourth-order valence-electron chi connectivity index (χ4n) is 2.13. The molecule has 1 rings (SSSR count). The summed E-state index contributed by atoms with van der Waals surface area (Å²) in [7, 11) is -3.55. The second-order valence-corrected chi connectivity index (χ2v) is 6.55. The molecule has 0 aliphatic carbocycles. The summed E-state index contributed by atoms with van der Waals surface area (Å²) in [6.07, 6.45) is 0. The Balaban J connectivity index is 3.45. The van der Waals surface area contributed by atoms with E-state index in [2.05, 4.69) is 0 Å². The summed E-state index contributed by atoms with van der Waals surface area (Å²) in [6, 6.07) is -0.0993. The van der Waals surface area contributed by atoms with Crippen molar-refractivity contribution in [2.24, 2.45) is 0 Å². The van der Waals surface area contributed by atoms with Crippen molar-refractivity contribution in [3.63, 3.8) is 0 Å². The minimum Gasteiger partial charge on any atom is -0.465 e. The molecule has 4 nitrogen and oxygen atoms in total. The minimum atomic E-state index is -3.55. The average Bonchev–Trinajstić information content (AvgIpc) is 2.53. The molecule has 0 aromatic carbocycles. The van der Waals surface area contributed by atoms with Gasteiger partial charge < -0.3 is 4.42 Å². The van der Waals surface area contributed by atoms with E-state index in [4.69, 9.17) is 16.0 Å². The van der Waals surface area contributed by atoms with Crippen LogP contribution in [0.15, 0.2) is 9.31 Å². The Labute approximate surface area is 114 Å². The number of hydrogen-bond donors (Lipinski definition) is 0. The van der Waals surface area contributed by atoms with Gasteiger partial charge in [-0.15, -0.1) is 11.6 Å². The second kappa shape index (κ2) is 5.63. The lowest BCUT2D eigenvalue weighted by Gasteiger charge is -2.24. The predicted octanol–water partition coefficient (Wildman–Crippen LogP) is 3.05. The first-order valence-corrected chi connectivity index (χ1v) is 7.91. The van der Waals surface area contributed by atoms with E-state index in [-0.39, 0.29) is 16.8 Å². The molecule has 0 aliphatic rings. The standard InChI is InChI=1S/C12H20ClNO3S/c1-6-14(8(2)3)18(15,16)12-10(5)17-9(4)11(12)7-13/h8H,6-7H2,1-5H3. The van der Waals surface area contributed by atoms with Crippen molar-refractivity contribution >= 4 is 21.6 Å². The molecule has 1 heterocycles. The molecule has 0 radical (unpaired) electrons. The van der Waals surface area contributed by atoms with Gasteiger partial charge in [-0.05, 0) is 27.7 Å². The van der Waals surface area contributed by atoms with Gasteiger partial charge in [0.1, 0.15) is 16.4 Å². The van der Waals surface area contributed by atoms with E-state index in [1.807, 2.05) is 20.8 Å². The van der Waals surface area contributed by atoms with E-state index in [1.54, 1.807) is 13.8 Å². The third kappa shape index (κ3) is 2.58. The first kappa shape index (κ1) is 15.5. The molecule has 0 spiro atoms. The van der Waals surface area contributed by atoms with Gasteiger partial charge in [-0.1, -0.05) is 6.92 Å². The highest BCUT2D eigenvalue weighted by atomic mass is 35.5. The molecule has 104 valence electrons. The largest absolute Gasteiger partial charge is 0.465 e. The lowest BCUT2D eigenvalue weighted by molar-refractivity contribution is 0.368. The zero-order chi connectivity index (χ0) is 14.1. The van der Waals surface area contributed by atoms with Crippen LogP contribution in [0.4, 0.5) is 0 Å². The Morgan fingerprint density at radius 3 is 2.22 bits per heavy atom. The number of aryl methyl sites for hydroxylation is 2. The number of nitrogens with zero attached hydrogens (tertiary/aromatic N) is 1. The molecular formula is C12H20ClNO3S. The number of halogens is 1. The number of sulfonamides is 1. The van der Waals surface area contributed by atoms with Gasteiger partial charge in [0.2, 0.25) is 10.0 Å². The summed E-state index contributed by atoms with van der Waals surface area (Å²) < 4.78 is 32.1. The van der Waals surface area contributed by atoms with Crippen LogP contribution in [0.2, 0.25) is 0 Å². The van der Waals surface area contributed by atoms with E-state index < -0.39 is 10.0 Å². The Bertz CT molecular complexity index is 520. The molecule has 0 bridgehead atoms. The maximum absolute atomic E-state index is 12.6. The van der Waals surface area contributed by atoms with Gasteiger partial charge >= 0.3 is 0 Å². The molecule has 0 saturated heterocycles. The van der Waals surface area contributed by atoms with Crippen LogP contribution in [0, 0.1) is 13.8 Å². The molecule has 0 amide bonds. The molecule has 18 heavy (non-hydrogen) atoms. The van der Waals surface area contributed by atoms with Crippen LogP contribution in [0.1, 0.15) is 37.9 Å². The van der Waals surface area contributed by atoms with E-state index in [1.165, 1.54) is 4.31 Å². The zero-order valence-electron chi connectivity index (χ0n) is 11.4. The summed E-state index contributed by atoms with van der Waals surface area (Å²) in [6.45, 7) is 9.33. The normalized spacial score (nSPS) is 12.7. The van der Waals surface area contributed by atoms with Gasteiger partial charge in [0, 0.05) is 18.2 Å². The number of rotatable bonds is 5. The van der Waals surface area contributed by atoms with Crippen molar-refractivity contribution in [3.8, 4) is 0 Å². The van der Waals surface area contributed by atoms with Crippen LogP contribution in [-0.4, -0.2) is 25.3 Å². The highest BCUT2D eigenvalue weighted by Crippen LogP contribution is 2.31. The van der Waals surface area contributed by atoms with Crippen LogP contribution in [-0.2, 0) is 15.9 Å². The summed E-state index contributed by atoms with van der Waals surface area (Å²) in [4.78, 5) is 0.227. The number of hydrogen-bond acceptors (Lipinski definition) is 3. The van der Waals surface area contributed by atoms with Crippen molar-refractivity contribution < 1.29 is 12.8 Å². The smallest absolute Gasteiger partial charge is 0.247 e. The molecule has 1 aromatic rings. The minimum absolute atomic E-state index is 0.0993. The number of furan rings is 1. The van der Waals surface area contributed by atoms with Crippen LogP contribution in [0.3, 0.4) is 0 Å². The van der Waals surface area contributed by atoms with Gasteiger partial charge in [0.15, 0.2) is 0 Å². The molecule has 0 fully saturated rings. The van der Waals surface area contributed by atoms with Gasteiger partial charge in [0.25, 0.3) is 0 Å². The molecule has 0 atom stereocenters. The molecule has 0 N–H and O–H groups in total. The second-order valence-electron chi connectivity index (χ2n) is 4.46. The summed E-state index contributed by atoms with van der Waals surface area (Å²) in [5.41, 5.74) is 0.563. The van der Waals surface area contributed by atoms with E-state index in [9.17, 15) is 8.42 Å². The fraction of sp³-hybridized carbons (Fsp3) is 0.667. The van der Waals surface area contributed by atoms with Crippen molar-refractivity contribution in [1.29, 1.82) is 0 Å². The third-order valence-electron chi connectivity index (χ3n) is 2.91. The summed E-state index contributed by atoms with van der Waals surface area (Å²) >= 11 is 5.84. The van der Waals surface area contributed by atoms with Gasteiger partial charge in [-0.2, -0.15) is 4.31 Å². The maximum atomic E-state index is 12.6. The molecule has 0 unspecified atom stereocenters. The van der Waals surface area contributed by atoms with Crippen molar-refractivity contribution in [3.05, 3.63) is 17.1 Å². The quantitative estimate of drug-likeness (QED) is 0.784. The molecule has 0 aliphatic heterocycles. The maximum Gasteiger partial charge on any atom is 0.247 e. The van der Waals surface area contributed by atoms with Gasteiger partial charge in [0.05, 0.1) is 5.88 Å². The first-order valence-electron chi connectivity index (χ1n) is 5.94. The molecule has 0 saturated carbocycles. The van der Waals surface area contributed by atoms with E-state index in [0.717, 1.165) is 0 Å². The topological polar surface area (TPSA) is 50.5 Å². The van der Waals surface area contributed by atoms with Gasteiger partial charge in [-0.25, -0.2) is 8.42 Å². The monoisotopic (exact) mass is 293 g/mol. The fourth-order valence-corrected chi connectivity index (χ4v) is 4.59. The van der Waals surface area contributed by atoms with E-state index >= 15 is 0 Å². The lowest BCUT2D eigenvalue weighted by atomic mass is 10.3. The summed E-state index contributed by atoms with van der Waals surface area (Å²) in [5.74, 6) is 1.11. The molecule has 1 aromatic heterocycles. The highest BCUT2D eigenvalue weighted by Gasteiger charge is 2.32. The zero-order valence-corrected chi connectivity index (χ0v) is 13.0. The average molecular weight is 294 g/mol. The van der Waals surface area contributed by atoms with Crippen molar-refractivity contribution in [2.45, 2.75) is 51.4 Å². The third-order valence-corrected chi connectivity index (χ3v) is 5.53. The highest BCUT2D eigenvalue weighted by molar-refractivity contribution is 7.89. The van der Waals surface area contributed by atoms with Crippen LogP contribution in [0.5, 0.6) is 0 Å². The SMILES string of the molecule is CCN(C(C)C)S(=O)(=O)c1c(C)oc(C)c1CCl. The molecule has 6 heteroatoms. The Hall–Kier alpha value is -0.520. The predicted molar refractivity (Wildman–Crippen MR) is 72.4 cm³/mol. The number of alkyl halides is 1. The Morgan fingerprint density at radius 1 is 1.28 bits per heavy atom. The van der Waals surface area contributed by atoms with Crippen LogP contribution in [0.25, 0.3) is 0 Å². The first-order chi connectivity index (χ1) is 8.27. The summed E-state index contributed by atoms with van der Waals surface area (Å²) in [5, 5.41) is 0. The van der Waals surface area contributed by atoms with Crippen LogP contribution >= 0.6 is 11.6 Å². The van der Waals surface area contributed by atoms with Crippen molar-refractivity contribution in [2.75, 3.05) is 6.54 Å². The molecular weight excluding hydrogens is 274 g/mol. The Kier molecular flexibility index (Phi) is 4.86. The van der Waals surface area contributed by atoms with Crippen molar-refractivity contribution in [1.82, 2.24) is 4.31 Å². The lowest BCUT2D eigenvalue weighted by Crippen LogP contribution is -2.37. The van der Waals surface area contributed by atoms with Gasteiger partial charge in [-0.3, -0.25) is 0 Å².